The smallest absolute Gasteiger partial charge is 0.160 e. The van der Waals surface area contributed by atoms with E-state index in [0.29, 0.717) is 12.5 Å². The maximum absolute atomic E-state index is 10.3. The number of aliphatic hydroxyl groups excluding tert-OH is 1. The first-order valence-corrected chi connectivity index (χ1v) is 6.58. The molecule has 0 spiro atoms. The van der Waals surface area contributed by atoms with Gasteiger partial charge in [-0.1, -0.05) is 54.0 Å². The predicted octanol–water partition coefficient (Wildman–Crippen LogP) is 4.00. The van der Waals surface area contributed by atoms with Crippen LogP contribution in [0.1, 0.15) is 54.4 Å². The number of rotatable bonds is 7. The summed E-state index contributed by atoms with van der Waals surface area (Å²) in [5, 5.41) is 10.3. The van der Waals surface area contributed by atoms with E-state index >= 15 is 0 Å². The highest BCUT2D eigenvalue weighted by Crippen LogP contribution is 2.43. The summed E-state index contributed by atoms with van der Waals surface area (Å²) in [5.41, 5.74) is -0.0350. The maximum Gasteiger partial charge on any atom is 0.160 e. The predicted molar refractivity (Wildman–Crippen MR) is 73.8 cm³/mol. The van der Waals surface area contributed by atoms with E-state index in [4.69, 9.17) is 4.74 Å². The third-order valence-electron chi connectivity index (χ3n) is 3.59. The van der Waals surface area contributed by atoms with Gasteiger partial charge in [0.2, 0.25) is 0 Å². The third-order valence-corrected chi connectivity index (χ3v) is 3.59. The molecule has 0 bridgehead atoms. The van der Waals surface area contributed by atoms with Crippen molar-refractivity contribution in [3.8, 4) is 0 Å². The Morgan fingerprint density at radius 3 is 2.18 bits per heavy atom. The lowest BCUT2D eigenvalue weighted by Gasteiger charge is -2.43. The zero-order valence-electron chi connectivity index (χ0n) is 12.4. The van der Waals surface area contributed by atoms with Crippen LogP contribution in [0.3, 0.4) is 0 Å². The van der Waals surface area contributed by atoms with Crippen LogP contribution in [-0.4, -0.2) is 18.0 Å². The summed E-state index contributed by atoms with van der Waals surface area (Å²) in [7, 11) is 0. The highest BCUT2D eigenvalue weighted by molar-refractivity contribution is 4.87. The molecule has 1 N–H and O–H groups in total. The Bertz CT molecular complexity index is 230. The van der Waals surface area contributed by atoms with Crippen LogP contribution < -0.4 is 0 Å². The van der Waals surface area contributed by atoms with E-state index in [2.05, 4.69) is 48.1 Å². The molecule has 0 aromatic carbocycles. The average molecular weight is 242 g/mol. The molecule has 2 heteroatoms. The number of ether oxygens (including phenoxy) is 1. The van der Waals surface area contributed by atoms with Crippen molar-refractivity contribution >= 4 is 0 Å². The summed E-state index contributed by atoms with van der Waals surface area (Å²) in [4.78, 5) is 0. The molecule has 2 nitrogen and oxygen atoms in total. The van der Waals surface area contributed by atoms with Gasteiger partial charge >= 0.3 is 0 Å². The molecule has 0 radical (unpaired) electrons. The summed E-state index contributed by atoms with van der Waals surface area (Å²) in [5.74, 6) is 0.418. The van der Waals surface area contributed by atoms with E-state index in [1.165, 1.54) is 0 Å². The van der Waals surface area contributed by atoms with Crippen molar-refractivity contribution in [2.75, 3.05) is 6.61 Å². The lowest BCUT2D eigenvalue weighted by molar-refractivity contribution is -0.190. The molecule has 0 aliphatic rings. The molecular formula is C15H30O2. The monoisotopic (exact) mass is 242 g/mol. The molecule has 3 unspecified atom stereocenters. The van der Waals surface area contributed by atoms with Crippen LogP contribution >= 0.6 is 0 Å². The van der Waals surface area contributed by atoms with Gasteiger partial charge in [-0.2, -0.15) is 0 Å². The van der Waals surface area contributed by atoms with Gasteiger partial charge in [-0.15, -0.1) is 6.58 Å². The second-order valence-corrected chi connectivity index (χ2v) is 6.53. The normalized spacial score (nSPS) is 19.5. The van der Waals surface area contributed by atoms with Crippen molar-refractivity contribution < 1.29 is 9.84 Å². The quantitative estimate of drug-likeness (QED) is 0.540. The van der Waals surface area contributed by atoms with Gasteiger partial charge in [-0.05, 0) is 17.8 Å². The zero-order chi connectivity index (χ0) is 13.7. The first-order valence-electron chi connectivity index (χ1n) is 6.58. The SMILES string of the molecule is C=CCOC(O)C(C)(CC(C)(C)C)C(C)CC. The molecule has 0 aliphatic carbocycles. The van der Waals surface area contributed by atoms with Crippen molar-refractivity contribution in [3.05, 3.63) is 12.7 Å². The molecule has 0 aromatic heterocycles. The molecule has 3 atom stereocenters. The van der Waals surface area contributed by atoms with Crippen molar-refractivity contribution in [2.24, 2.45) is 16.7 Å². The maximum atomic E-state index is 10.3. The Balaban J connectivity index is 4.88. The fourth-order valence-corrected chi connectivity index (χ4v) is 2.46. The fourth-order valence-electron chi connectivity index (χ4n) is 2.46. The highest BCUT2D eigenvalue weighted by Gasteiger charge is 2.41. The summed E-state index contributed by atoms with van der Waals surface area (Å²) < 4.78 is 5.46. The number of aliphatic hydroxyl groups is 1. The van der Waals surface area contributed by atoms with Crippen LogP contribution in [0, 0.1) is 16.7 Å². The van der Waals surface area contributed by atoms with Gasteiger partial charge < -0.3 is 9.84 Å². The second kappa shape index (κ2) is 6.55. The molecule has 0 aliphatic heterocycles. The molecule has 0 amide bonds. The van der Waals surface area contributed by atoms with Gasteiger partial charge in [-0.3, -0.25) is 0 Å². The van der Waals surface area contributed by atoms with Gasteiger partial charge in [0, 0.05) is 5.41 Å². The lowest BCUT2D eigenvalue weighted by Crippen LogP contribution is -2.42. The Labute approximate surface area is 107 Å². The van der Waals surface area contributed by atoms with Crippen LogP contribution in [0.5, 0.6) is 0 Å². The topological polar surface area (TPSA) is 29.5 Å². The first kappa shape index (κ1) is 16.7. The van der Waals surface area contributed by atoms with E-state index in [1.807, 2.05) is 0 Å². The molecule has 0 saturated heterocycles. The third kappa shape index (κ3) is 5.22. The Kier molecular flexibility index (Phi) is 6.42. The summed E-state index contributed by atoms with van der Waals surface area (Å²) in [6.07, 6.45) is 2.93. The summed E-state index contributed by atoms with van der Waals surface area (Å²) in [6.45, 7) is 17.1. The summed E-state index contributed by atoms with van der Waals surface area (Å²) >= 11 is 0. The standard InChI is InChI=1S/C15H30O2/c1-8-10-17-13(16)15(7,12(3)9-2)11-14(4,5)6/h8,12-13,16H,1,9-11H2,2-7H3. The van der Waals surface area contributed by atoms with Crippen LogP contribution in [0.15, 0.2) is 12.7 Å². The highest BCUT2D eigenvalue weighted by atomic mass is 16.6. The van der Waals surface area contributed by atoms with Crippen LogP contribution in [0.4, 0.5) is 0 Å². The van der Waals surface area contributed by atoms with E-state index in [-0.39, 0.29) is 10.8 Å². The van der Waals surface area contributed by atoms with E-state index in [0.717, 1.165) is 12.8 Å². The minimum atomic E-state index is -0.727. The molecular weight excluding hydrogens is 212 g/mol. The van der Waals surface area contributed by atoms with E-state index < -0.39 is 6.29 Å². The molecule has 0 aromatic rings. The Morgan fingerprint density at radius 2 is 1.82 bits per heavy atom. The van der Waals surface area contributed by atoms with Gasteiger partial charge in [0.1, 0.15) is 0 Å². The number of hydrogen-bond donors (Lipinski definition) is 1. The largest absolute Gasteiger partial charge is 0.367 e. The Morgan fingerprint density at radius 1 is 1.29 bits per heavy atom. The van der Waals surface area contributed by atoms with E-state index in [1.54, 1.807) is 6.08 Å². The first-order chi connectivity index (χ1) is 7.67. The fraction of sp³-hybridized carbons (Fsp3) is 0.867. The minimum absolute atomic E-state index is 0.177. The molecule has 0 fully saturated rings. The van der Waals surface area contributed by atoms with Crippen molar-refractivity contribution in [2.45, 2.75) is 60.7 Å². The average Bonchev–Trinajstić information content (AvgIpc) is 2.21. The minimum Gasteiger partial charge on any atom is -0.367 e. The van der Waals surface area contributed by atoms with Crippen molar-refractivity contribution in [3.63, 3.8) is 0 Å². The van der Waals surface area contributed by atoms with Gasteiger partial charge in [0.05, 0.1) is 6.61 Å². The molecule has 0 heterocycles. The molecule has 102 valence electrons. The van der Waals surface area contributed by atoms with Gasteiger partial charge in [0.15, 0.2) is 6.29 Å². The van der Waals surface area contributed by atoms with E-state index in [9.17, 15) is 5.11 Å². The second-order valence-electron chi connectivity index (χ2n) is 6.53. The molecule has 0 rings (SSSR count). The van der Waals surface area contributed by atoms with Crippen molar-refractivity contribution in [1.29, 1.82) is 0 Å². The van der Waals surface area contributed by atoms with Crippen molar-refractivity contribution in [1.82, 2.24) is 0 Å². The van der Waals surface area contributed by atoms with Gasteiger partial charge in [0.25, 0.3) is 0 Å². The van der Waals surface area contributed by atoms with Crippen LogP contribution in [-0.2, 0) is 4.74 Å². The van der Waals surface area contributed by atoms with Crippen LogP contribution in [0.25, 0.3) is 0 Å². The Hall–Kier alpha value is -0.340. The molecule has 17 heavy (non-hydrogen) atoms. The molecule has 0 saturated carbocycles. The summed E-state index contributed by atoms with van der Waals surface area (Å²) in [6, 6.07) is 0. The zero-order valence-corrected chi connectivity index (χ0v) is 12.4. The van der Waals surface area contributed by atoms with Crippen LogP contribution in [0.2, 0.25) is 0 Å². The number of hydrogen-bond acceptors (Lipinski definition) is 2. The van der Waals surface area contributed by atoms with Gasteiger partial charge in [-0.25, -0.2) is 0 Å². The lowest BCUT2D eigenvalue weighted by atomic mass is 9.67.